The van der Waals surface area contributed by atoms with E-state index in [9.17, 15) is 18.3 Å². The molecule has 3 rings (SSSR count). The van der Waals surface area contributed by atoms with Gasteiger partial charge in [-0.1, -0.05) is 26.7 Å². The summed E-state index contributed by atoms with van der Waals surface area (Å²) in [5.74, 6) is -0.455. The Hall–Kier alpha value is -1.39. The maximum absolute atomic E-state index is 13.7. The predicted molar refractivity (Wildman–Crippen MR) is 144 cm³/mol. The van der Waals surface area contributed by atoms with Gasteiger partial charge in [0.2, 0.25) is 0 Å². The first kappa shape index (κ1) is 27.2. The Morgan fingerprint density at radius 3 is 2.50 bits per heavy atom. The molecular weight excluding hydrogens is 493 g/mol. The highest BCUT2D eigenvalue weighted by Gasteiger charge is 2.41. The second-order valence-corrected chi connectivity index (χ2v) is 12.7. The smallest absolute Gasteiger partial charge is 0.313 e. The molecule has 3 N–H and O–H groups in total. The summed E-state index contributed by atoms with van der Waals surface area (Å²) in [6.45, 7) is 4.85. The van der Waals surface area contributed by atoms with E-state index in [4.69, 9.17) is 5.11 Å². The molecule has 1 atom stereocenters. The zero-order valence-corrected chi connectivity index (χ0v) is 22.4. The lowest BCUT2D eigenvalue weighted by Gasteiger charge is -2.41. The lowest BCUT2D eigenvalue weighted by atomic mass is 9.81. The van der Waals surface area contributed by atoms with Crippen molar-refractivity contribution in [3.05, 3.63) is 47.8 Å². The second-order valence-electron chi connectivity index (χ2n) is 8.85. The van der Waals surface area contributed by atoms with Crippen molar-refractivity contribution in [2.24, 2.45) is 5.41 Å². The van der Waals surface area contributed by atoms with Crippen LogP contribution in [0, 0.1) is 11.2 Å². The van der Waals surface area contributed by atoms with Crippen LogP contribution in [-0.4, -0.2) is 44.5 Å². The molecule has 0 spiro atoms. The van der Waals surface area contributed by atoms with Gasteiger partial charge in [-0.2, -0.15) is 10.6 Å². The Labute approximate surface area is 211 Å². The van der Waals surface area contributed by atoms with Gasteiger partial charge in [0, 0.05) is 34.0 Å². The summed E-state index contributed by atoms with van der Waals surface area (Å²) in [6.07, 6.45) is 5.64. The highest BCUT2D eigenvalue weighted by molar-refractivity contribution is 8.24. The van der Waals surface area contributed by atoms with E-state index in [1.54, 1.807) is 23.9 Å². The predicted octanol–water partition coefficient (Wildman–Crippen LogP) is 7.71. The van der Waals surface area contributed by atoms with Gasteiger partial charge >= 0.3 is 5.97 Å². The average molecular weight is 528 g/mol. The number of hydrogen-bond donors (Lipinski definition) is 3. The molecule has 0 amide bonds. The number of hydrogen-bond acceptors (Lipinski definition) is 6. The van der Waals surface area contributed by atoms with Gasteiger partial charge in [0.25, 0.3) is 0 Å². The molecule has 0 saturated carbocycles. The zero-order chi connectivity index (χ0) is 24.9. The SMILES string of the molecule is CCCCC1(CC)CN(c2ccc(F)cc2)c2cc(SC)c(CSCC(=O)O)cc2S(O)(O)C1. The van der Waals surface area contributed by atoms with Gasteiger partial charge in [0.15, 0.2) is 0 Å². The fourth-order valence-electron chi connectivity index (χ4n) is 4.53. The van der Waals surface area contributed by atoms with E-state index < -0.39 is 16.6 Å². The van der Waals surface area contributed by atoms with Crippen LogP contribution in [0.1, 0.15) is 45.1 Å². The van der Waals surface area contributed by atoms with Gasteiger partial charge in [0.05, 0.1) is 16.3 Å². The first-order valence-electron chi connectivity index (χ1n) is 11.4. The standard InChI is InChI=1S/C25H34FNO4S3/c1-4-6-11-25(5-2)16-27(20-9-7-19(26)8-10-20)21-13-22(32-3)18(14-33-15-24(28)29)12-23(21)34(30,31)17-25/h7-10,12-13,30-31H,4-6,11,14-17H2,1-3H3,(H,28,29). The lowest BCUT2D eigenvalue weighted by Crippen LogP contribution is -2.37. The first-order valence-corrected chi connectivity index (χ1v) is 15.5. The fourth-order valence-corrected chi connectivity index (χ4v) is 8.26. The Morgan fingerprint density at radius 1 is 1.21 bits per heavy atom. The van der Waals surface area contributed by atoms with E-state index in [0.29, 0.717) is 17.2 Å². The summed E-state index contributed by atoms with van der Waals surface area (Å²) < 4.78 is 36.8. The fraction of sp³-hybridized carbons (Fsp3) is 0.480. The number of fused-ring (bicyclic) bond motifs is 1. The van der Waals surface area contributed by atoms with E-state index >= 15 is 0 Å². The number of rotatable bonds is 10. The number of anilines is 2. The van der Waals surface area contributed by atoms with Crippen LogP contribution in [0.4, 0.5) is 15.8 Å². The average Bonchev–Trinajstić information content (AvgIpc) is 2.90. The molecule has 0 fully saturated rings. The number of benzene rings is 2. The number of unbranched alkanes of at least 4 members (excludes halogenated alkanes) is 1. The van der Waals surface area contributed by atoms with Crippen molar-refractivity contribution in [1.82, 2.24) is 0 Å². The summed E-state index contributed by atoms with van der Waals surface area (Å²) >= 11 is 2.84. The first-order chi connectivity index (χ1) is 16.1. The van der Waals surface area contributed by atoms with Gasteiger partial charge in [-0.25, -0.2) is 4.39 Å². The Morgan fingerprint density at radius 2 is 1.91 bits per heavy atom. The van der Waals surface area contributed by atoms with Gasteiger partial charge in [-0.3, -0.25) is 13.9 Å². The van der Waals surface area contributed by atoms with Gasteiger partial charge < -0.3 is 10.0 Å². The lowest BCUT2D eigenvalue weighted by molar-refractivity contribution is -0.133. The van der Waals surface area contributed by atoms with Crippen molar-refractivity contribution in [3.8, 4) is 0 Å². The van der Waals surface area contributed by atoms with Crippen LogP contribution in [-0.2, 0) is 10.5 Å². The third kappa shape index (κ3) is 6.23. The molecule has 0 saturated heterocycles. The van der Waals surface area contributed by atoms with E-state index in [-0.39, 0.29) is 22.7 Å². The van der Waals surface area contributed by atoms with Crippen molar-refractivity contribution in [2.75, 3.05) is 29.2 Å². The van der Waals surface area contributed by atoms with Crippen molar-refractivity contribution >= 4 is 51.5 Å². The normalized spacial score (nSPS) is 20.5. The van der Waals surface area contributed by atoms with Crippen LogP contribution in [0.2, 0.25) is 0 Å². The summed E-state index contributed by atoms with van der Waals surface area (Å²) in [4.78, 5) is 14.6. The molecule has 0 aromatic heterocycles. The third-order valence-corrected chi connectivity index (χ3v) is 10.3. The molecule has 188 valence electrons. The minimum Gasteiger partial charge on any atom is -0.481 e. The molecule has 5 nitrogen and oxygen atoms in total. The molecule has 1 aliphatic rings. The van der Waals surface area contributed by atoms with Crippen molar-refractivity contribution in [2.45, 2.75) is 55.1 Å². The molecule has 2 aromatic rings. The summed E-state index contributed by atoms with van der Waals surface area (Å²) in [7, 11) is -3.12. The van der Waals surface area contributed by atoms with E-state index in [0.717, 1.165) is 47.5 Å². The number of carbonyl (C=O) groups is 1. The van der Waals surface area contributed by atoms with E-state index in [1.807, 2.05) is 18.4 Å². The third-order valence-electron chi connectivity index (χ3n) is 6.44. The van der Waals surface area contributed by atoms with E-state index in [2.05, 4.69) is 18.7 Å². The number of aliphatic carboxylic acids is 1. The molecule has 9 heteroatoms. The largest absolute Gasteiger partial charge is 0.481 e. The van der Waals surface area contributed by atoms with Crippen LogP contribution in [0.25, 0.3) is 0 Å². The molecule has 34 heavy (non-hydrogen) atoms. The second kappa shape index (κ2) is 11.6. The Kier molecular flexibility index (Phi) is 9.25. The molecular formula is C25H34FNO4S3. The van der Waals surface area contributed by atoms with Crippen molar-refractivity contribution < 1.29 is 23.4 Å². The minimum atomic E-state index is -3.12. The van der Waals surface area contributed by atoms with Crippen molar-refractivity contribution in [1.29, 1.82) is 0 Å². The number of halogens is 1. The molecule has 0 bridgehead atoms. The van der Waals surface area contributed by atoms with Crippen molar-refractivity contribution in [3.63, 3.8) is 0 Å². The molecule has 1 heterocycles. The minimum absolute atomic E-state index is 0.0151. The van der Waals surface area contributed by atoms with Crippen LogP contribution < -0.4 is 4.90 Å². The molecule has 1 aliphatic heterocycles. The highest BCUT2D eigenvalue weighted by Crippen LogP contribution is 2.61. The number of nitrogens with zero attached hydrogens (tertiary/aromatic N) is 1. The quantitative estimate of drug-likeness (QED) is 0.273. The number of thioether (sulfide) groups is 2. The Balaban J connectivity index is 2.17. The van der Waals surface area contributed by atoms with Gasteiger partial charge in [-0.05, 0) is 61.1 Å². The van der Waals surface area contributed by atoms with Crippen LogP contribution in [0.15, 0.2) is 46.2 Å². The van der Waals surface area contributed by atoms with Crippen LogP contribution >= 0.6 is 34.1 Å². The van der Waals surface area contributed by atoms with Gasteiger partial charge in [0.1, 0.15) is 5.82 Å². The van der Waals surface area contributed by atoms with Gasteiger partial charge in [-0.15, -0.1) is 23.5 Å². The van der Waals surface area contributed by atoms with Crippen LogP contribution in [0.3, 0.4) is 0 Å². The molecule has 2 aromatic carbocycles. The number of carboxylic acid groups (broad SMARTS) is 1. The topological polar surface area (TPSA) is 81.0 Å². The maximum atomic E-state index is 13.7. The molecule has 1 unspecified atom stereocenters. The molecule has 0 radical (unpaired) electrons. The summed E-state index contributed by atoms with van der Waals surface area (Å²) in [5.41, 5.74) is 2.14. The molecule has 0 aliphatic carbocycles. The number of carboxylic acids is 1. The highest BCUT2D eigenvalue weighted by atomic mass is 32.3. The van der Waals surface area contributed by atoms with E-state index in [1.165, 1.54) is 23.9 Å². The zero-order valence-electron chi connectivity index (χ0n) is 19.9. The maximum Gasteiger partial charge on any atom is 0.313 e. The summed E-state index contributed by atoms with van der Waals surface area (Å²) in [6, 6.07) is 10.2. The van der Waals surface area contributed by atoms with Crippen LogP contribution in [0.5, 0.6) is 0 Å². The Bertz CT molecular complexity index is 1000. The monoisotopic (exact) mass is 527 g/mol. The summed E-state index contributed by atoms with van der Waals surface area (Å²) in [5, 5.41) is 9.03.